The summed E-state index contributed by atoms with van der Waals surface area (Å²) in [4.78, 5) is 0. The van der Waals surface area contributed by atoms with Crippen LogP contribution >= 0.6 is 43.5 Å². The molecule has 106 valence electrons. The van der Waals surface area contributed by atoms with Crippen LogP contribution in [-0.4, -0.2) is 6.61 Å². The van der Waals surface area contributed by atoms with E-state index in [0.717, 1.165) is 25.8 Å². The van der Waals surface area contributed by atoms with Gasteiger partial charge in [-0.1, -0.05) is 44.0 Å². The molecule has 2 rings (SSSR count). The molecule has 0 saturated heterocycles. The molecule has 0 aliphatic rings. The van der Waals surface area contributed by atoms with Gasteiger partial charge in [-0.2, -0.15) is 0 Å². The van der Waals surface area contributed by atoms with E-state index in [-0.39, 0.29) is 5.38 Å². The van der Waals surface area contributed by atoms with Gasteiger partial charge in [0, 0.05) is 8.95 Å². The van der Waals surface area contributed by atoms with Gasteiger partial charge in [-0.05, 0) is 54.8 Å². The number of benzene rings is 2. The van der Waals surface area contributed by atoms with Crippen molar-refractivity contribution in [2.24, 2.45) is 0 Å². The van der Waals surface area contributed by atoms with E-state index in [4.69, 9.17) is 16.3 Å². The SMILES string of the molecule is CCOc1ccc(C(Cl)c2ccc(Br)cc2C)c(Br)c1. The highest BCUT2D eigenvalue weighted by Gasteiger charge is 2.16. The third-order valence-electron chi connectivity index (χ3n) is 3.06. The number of rotatable bonds is 4. The Bertz CT molecular complexity index is 613. The smallest absolute Gasteiger partial charge is 0.120 e. The Labute approximate surface area is 141 Å². The molecular formula is C16H15Br2ClO. The molecule has 2 aromatic carbocycles. The quantitative estimate of drug-likeness (QED) is 0.534. The Hall–Kier alpha value is -0.510. The Morgan fingerprint density at radius 3 is 2.40 bits per heavy atom. The molecular weight excluding hydrogens is 403 g/mol. The summed E-state index contributed by atoms with van der Waals surface area (Å²) in [5.41, 5.74) is 3.32. The summed E-state index contributed by atoms with van der Waals surface area (Å²) in [6.45, 7) is 4.69. The Morgan fingerprint density at radius 1 is 1.10 bits per heavy atom. The van der Waals surface area contributed by atoms with E-state index in [1.807, 2.05) is 31.2 Å². The summed E-state index contributed by atoms with van der Waals surface area (Å²) in [6.07, 6.45) is 0. The van der Waals surface area contributed by atoms with E-state index in [0.29, 0.717) is 6.61 Å². The topological polar surface area (TPSA) is 9.23 Å². The van der Waals surface area contributed by atoms with Crippen LogP contribution in [0, 0.1) is 6.92 Å². The monoisotopic (exact) mass is 416 g/mol. The van der Waals surface area contributed by atoms with Gasteiger partial charge in [0.1, 0.15) is 5.75 Å². The van der Waals surface area contributed by atoms with Crippen LogP contribution in [0.1, 0.15) is 29.0 Å². The van der Waals surface area contributed by atoms with Gasteiger partial charge in [-0.3, -0.25) is 0 Å². The average molecular weight is 419 g/mol. The highest BCUT2D eigenvalue weighted by atomic mass is 79.9. The van der Waals surface area contributed by atoms with Crippen LogP contribution in [0.3, 0.4) is 0 Å². The van der Waals surface area contributed by atoms with E-state index in [2.05, 4.69) is 50.9 Å². The van der Waals surface area contributed by atoms with Crippen LogP contribution in [0.5, 0.6) is 5.75 Å². The van der Waals surface area contributed by atoms with Gasteiger partial charge in [0.25, 0.3) is 0 Å². The van der Waals surface area contributed by atoms with Crippen molar-refractivity contribution in [2.45, 2.75) is 19.2 Å². The molecule has 0 heterocycles. The molecule has 4 heteroatoms. The number of halogens is 3. The predicted molar refractivity (Wildman–Crippen MR) is 91.9 cm³/mol. The zero-order valence-electron chi connectivity index (χ0n) is 11.3. The third-order valence-corrected chi connectivity index (χ3v) is 4.71. The van der Waals surface area contributed by atoms with Crippen LogP contribution in [0.4, 0.5) is 0 Å². The van der Waals surface area contributed by atoms with Crippen molar-refractivity contribution in [2.75, 3.05) is 6.61 Å². The van der Waals surface area contributed by atoms with E-state index >= 15 is 0 Å². The zero-order chi connectivity index (χ0) is 14.7. The molecule has 0 aliphatic heterocycles. The molecule has 20 heavy (non-hydrogen) atoms. The average Bonchev–Trinajstić information content (AvgIpc) is 2.38. The summed E-state index contributed by atoms with van der Waals surface area (Å²) in [6, 6.07) is 12.1. The van der Waals surface area contributed by atoms with Crippen molar-refractivity contribution in [3.8, 4) is 5.75 Å². The van der Waals surface area contributed by atoms with Crippen LogP contribution in [0.15, 0.2) is 45.3 Å². The van der Waals surface area contributed by atoms with E-state index in [1.165, 1.54) is 5.56 Å². The van der Waals surface area contributed by atoms with Crippen molar-refractivity contribution >= 4 is 43.5 Å². The lowest BCUT2D eigenvalue weighted by atomic mass is 10.00. The summed E-state index contributed by atoms with van der Waals surface area (Å²) in [7, 11) is 0. The molecule has 0 amide bonds. The van der Waals surface area contributed by atoms with Crippen molar-refractivity contribution in [1.82, 2.24) is 0 Å². The maximum atomic E-state index is 6.64. The molecule has 1 nitrogen and oxygen atoms in total. The van der Waals surface area contributed by atoms with Crippen molar-refractivity contribution in [3.05, 3.63) is 62.0 Å². The second-order valence-electron chi connectivity index (χ2n) is 4.48. The highest BCUT2D eigenvalue weighted by molar-refractivity contribution is 9.10. The summed E-state index contributed by atoms with van der Waals surface area (Å²) < 4.78 is 7.51. The van der Waals surface area contributed by atoms with Crippen molar-refractivity contribution < 1.29 is 4.74 Å². The van der Waals surface area contributed by atoms with E-state index in [9.17, 15) is 0 Å². The maximum absolute atomic E-state index is 6.64. The fourth-order valence-corrected chi connectivity index (χ4v) is 3.69. The van der Waals surface area contributed by atoms with Gasteiger partial charge >= 0.3 is 0 Å². The lowest BCUT2D eigenvalue weighted by molar-refractivity contribution is 0.340. The van der Waals surface area contributed by atoms with Crippen LogP contribution in [0.2, 0.25) is 0 Å². The first-order valence-corrected chi connectivity index (χ1v) is 8.37. The Kier molecular flexibility index (Phi) is 5.53. The van der Waals surface area contributed by atoms with E-state index < -0.39 is 0 Å². The largest absolute Gasteiger partial charge is 0.494 e. The first-order valence-electron chi connectivity index (χ1n) is 6.35. The van der Waals surface area contributed by atoms with Gasteiger partial charge in [-0.25, -0.2) is 0 Å². The number of ether oxygens (including phenoxy) is 1. The zero-order valence-corrected chi connectivity index (χ0v) is 15.2. The summed E-state index contributed by atoms with van der Waals surface area (Å²) >= 11 is 13.7. The molecule has 0 aliphatic carbocycles. The molecule has 1 atom stereocenters. The molecule has 0 spiro atoms. The van der Waals surface area contributed by atoms with Crippen LogP contribution in [0.25, 0.3) is 0 Å². The Morgan fingerprint density at radius 2 is 1.80 bits per heavy atom. The standard InChI is InChI=1S/C16H15Br2ClO/c1-3-20-12-5-7-14(15(18)9-12)16(19)13-6-4-11(17)8-10(13)2/h4-9,16H,3H2,1-2H3. The molecule has 0 saturated carbocycles. The van der Waals surface area contributed by atoms with E-state index in [1.54, 1.807) is 0 Å². The highest BCUT2D eigenvalue weighted by Crippen LogP contribution is 2.37. The predicted octanol–water partition coefficient (Wildman–Crippen LogP) is 6.25. The fourth-order valence-electron chi connectivity index (χ4n) is 2.06. The summed E-state index contributed by atoms with van der Waals surface area (Å²) in [5, 5.41) is -0.187. The molecule has 0 fully saturated rings. The van der Waals surface area contributed by atoms with Gasteiger partial charge < -0.3 is 4.74 Å². The van der Waals surface area contributed by atoms with Gasteiger partial charge in [0.2, 0.25) is 0 Å². The van der Waals surface area contributed by atoms with Gasteiger partial charge in [0.15, 0.2) is 0 Å². The maximum Gasteiger partial charge on any atom is 0.120 e. The van der Waals surface area contributed by atoms with Gasteiger partial charge in [-0.15, -0.1) is 11.6 Å². The van der Waals surface area contributed by atoms with Gasteiger partial charge in [0.05, 0.1) is 12.0 Å². The molecule has 0 N–H and O–H groups in total. The van der Waals surface area contributed by atoms with Crippen LogP contribution < -0.4 is 4.74 Å². The number of aryl methyl sites for hydroxylation is 1. The first kappa shape index (κ1) is 15.9. The number of alkyl halides is 1. The minimum atomic E-state index is -0.187. The number of hydrogen-bond acceptors (Lipinski definition) is 1. The first-order chi connectivity index (χ1) is 9.52. The normalized spacial score (nSPS) is 12.2. The Balaban J connectivity index is 2.35. The molecule has 0 aromatic heterocycles. The molecule has 0 radical (unpaired) electrons. The summed E-state index contributed by atoms with van der Waals surface area (Å²) in [5.74, 6) is 0.847. The minimum absolute atomic E-state index is 0.187. The minimum Gasteiger partial charge on any atom is -0.494 e. The lowest BCUT2D eigenvalue weighted by Crippen LogP contribution is -1.99. The van der Waals surface area contributed by atoms with Crippen LogP contribution in [-0.2, 0) is 0 Å². The lowest BCUT2D eigenvalue weighted by Gasteiger charge is -2.16. The fraction of sp³-hybridized carbons (Fsp3) is 0.250. The molecule has 2 aromatic rings. The van der Waals surface area contributed by atoms with Crippen molar-refractivity contribution in [1.29, 1.82) is 0 Å². The second kappa shape index (κ2) is 6.97. The molecule has 1 unspecified atom stereocenters. The molecule has 0 bridgehead atoms. The van der Waals surface area contributed by atoms with Crippen molar-refractivity contribution in [3.63, 3.8) is 0 Å². The third kappa shape index (κ3) is 3.57. The second-order valence-corrected chi connectivity index (χ2v) is 6.69. The number of hydrogen-bond donors (Lipinski definition) is 0.